The monoisotopic (exact) mass is 213 g/mol. The Morgan fingerprint density at radius 1 is 1.85 bits per heavy atom. The maximum atomic E-state index is 8.25. The fraction of sp³-hybridized carbons (Fsp3) is 0.250. The van der Waals surface area contributed by atoms with Crippen LogP contribution in [-0.2, 0) is 0 Å². The molecular weight excluding hydrogens is 206 g/mol. The van der Waals surface area contributed by atoms with Gasteiger partial charge in [0.25, 0.3) is 0 Å². The van der Waals surface area contributed by atoms with Gasteiger partial charge in [0, 0.05) is 10.6 Å². The molecule has 0 atom stereocenters. The highest BCUT2D eigenvalue weighted by molar-refractivity contribution is 7.14. The lowest BCUT2D eigenvalue weighted by Crippen LogP contribution is -1.72. The van der Waals surface area contributed by atoms with Gasteiger partial charge in [0.2, 0.25) is 0 Å². The molecule has 0 aromatic carbocycles. The Morgan fingerprint density at radius 3 is 3.08 bits per heavy atom. The molecule has 0 fully saturated rings. The Labute approximate surface area is 85.3 Å². The number of hydrogen-bond acceptors (Lipinski definition) is 2. The summed E-state index contributed by atoms with van der Waals surface area (Å²) in [5.41, 5.74) is 9.95. The lowest BCUT2D eigenvalue weighted by Gasteiger charge is -1.91. The summed E-state index contributed by atoms with van der Waals surface area (Å²) in [5.74, 6) is 0. The number of allylic oxidation sites excluding steroid dienone is 1. The third-order valence-electron chi connectivity index (χ3n) is 1.46. The van der Waals surface area contributed by atoms with Crippen LogP contribution in [0.3, 0.4) is 0 Å². The number of halogens is 1. The van der Waals surface area contributed by atoms with Crippen molar-refractivity contribution < 1.29 is 0 Å². The molecule has 0 saturated carbocycles. The summed E-state index contributed by atoms with van der Waals surface area (Å²) in [4.78, 5) is 2.74. The van der Waals surface area contributed by atoms with Crippen molar-refractivity contribution >= 4 is 29.0 Å². The normalized spacial score (nSPS) is 11.1. The van der Waals surface area contributed by atoms with Gasteiger partial charge in [-0.1, -0.05) is 23.6 Å². The third kappa shape index (κ3) is 3.11. The van der Waals surface area contributed by atoms with Gasteiger partial charge in [0.05, 0.1) is 4.34 Å². The first kappa shape index (κ1) is 10.1. The van der Waals surface area contributed by atoms with E-state index >= 15 is 0 Å². The first-order valence-electron chi connectivity index (χ1n) is 3.76. The van der Waals surface area contributed by atoms with Gasteiger partial charge in [-0.25, -0.2) is 0 Å². The van der Waals surface area contributed by atoms with Crippen LogP contribution in [0.15, 0.2) is 22.3 Å². The molecule has 68 valence electrons. The molecule has 13 heavy (non-hydrogen) atoms. The SMILES string of the molecule is CC/C(=C/c1csc(Cl)c1)N=[N+]=[N-]. The molecule has 0 amide bonds. The number of thiophene rings is 1. The van der Waals surface area contributed by atoms with Crippen LogP contribution in [0.5, 0.6) is 0 Å². The van der Waals surface area contributed by atoms with Gasteiger partial charge in [-0.3, -0.25) is 0 Å². The van der Waals surface area contributed by atoms with Crippen molar-refractivity contribution in [3.8, 4) is 0 Å². The van der Waals surface area contributed by atoms with Crippen LogP contribution in [0.2, 0.25) is 4.34 Å². The van der Waals surface area contributed by atoms with Gasteiger partial charge in [-0.15, -0.1) is 11.3 Å². The van der Waals surface area contributed by atoms with Gasteiger partial charge in [-0.05, 0) is 35.0 Å². The van der Waals surface area contributed by atoms with Crippen molar-refractivity contribution in [3.05, 3.63) is 37.5 Å². The highest BCUT2D eigenvalue weighted by atomic mass is 35.5. The Bertz CT molecular complexity index is 363. The molecule has 1 heterocycles. The number of hydrogen-bond donors (Lipinski definition) is 0. The van der Waals surface area contributed by atoms with Crippen LogP contribution < -0.4 is 0 Å². The molecule has 1 aromatic rings. The zero-order chi connectivity index (χ0) is 9.68. The molecule has 1 rings (SSSR count). The van der Waals surface area contributed by atoms with Crippen LogP contribution in [0, 0.1) is 0 Å². The summed E-state index contributed by atoms with van der Waals surface area (Å²) < 4.78 is 0.739. The van der Waals surface area contributed by atoms with E-state index in [-0.39, 0.29) is 0 Å². The van der Waals surface area contributed by atoms with E-state index < -0.39 is 0 Å². The molecule has 1 aromatic heterocycles. The van der Waals surface area contributed by atoms with Crippen LogP contribution in [0.1, 0.15) is 18.9 Å². The van der Waals surface area contributed by atoms with Gasteiger partial charge in [-0.2, -0.15) is 0 Å². The summed E-state index contributed by atoms with van der Waals surface area (Å²) in [6.07, 6.45) is 2.56. The predicted molar refractivity (Wildman–Crippen MR) is 56.7 cm³/mol. The van der Waals surface area contributed by atoms with Crippen molar-refractivity contribution in [2.75, 3.05) is 0 Å². The van der Waals surface area contributed by atoms with Crippen molar-refractivity contribution in [1.82, 2.24) is 0 Å². The predicted octanol–water partition coefficient (Wildman–Crippen LogP) is 4.46. The van der Waals surface area contributed by atoms with Crippen LogP contribution in [-0.4, -0.2) is 0 Å². The van der Waals surface area contributed by atoms with Crippen molar-refractivity contribution in [3.63, 3.8) is 0 Å². The summed E-state index contributed by atoms with van der Waals surface area (Å²) >= 11 is 7.21. The van der Waals surface area contributed by atoms with E-state index in [4.69, 9.17) is 17.1 Å². The third-order valence-corrected chi connectivity index (χ3v) is 2.57. The molecule has 0 spiro atoms. The fourth-order valence-electron chi connectivity index (χ4n) is 0.851. The molecule has 0 aliphatic rings. The van der Waals surface area contributed by atoms with Gasteiger partial charge < -0.3 is 0 Å². The maximum absolute atomic E-state index is 8.25. The topological polar surface area (TPSA) is 48.8 Å². The molecular formula is C8H8ClN3S. The highest BCUT2D eigenvalue weighted by Gasteiger charge is 1.95. The summed E-state index contributed by atoms with van der Waals surface area (Å²) in [7, 11) is 0. The standard InChI is InChI=1S/C8H8ClN3S/c1-2-7(11-12-10)3-6-4-8(9)13-5-6/h3-5H,2H2,1H3/b7-3-. The highest BCUT2D eigenvalue weighted by Crippen LogP contribution is 2.22. The molecule has 0 aliphatic carbocycles. The quantitative estimate of drug-likeness (QED) is 0.404. The van der Waals surface area contributed by atoms with E-state index in [1.807, 2.05) is 24.4 Å². The minimum Gasteiger partial charge on any atom is -0.131 e. The number of rotatable bonds is 3. The van der Waals surface area contributed by atoms with Gasteiger partial charge in [0.1, 0.15) is 0 Å². The zero-order valence-corrected chi connectivity index (χ0v) is 8.64. The second-order valence-electron chi connectivity index (χ2n) is 2.36. The minimum atomic E-state index is 0.719. The second kappa shape index (κ2) is 4.92. The molecule has 0 aliphatic heterocycles. The number of azide groups is 1. The van der Waals surface area contributed by atoms with E-state index in [1.165, 1.54) is 11.3 Å². The van der Waals surface area contributed by atoms with Crippen molar-refractivity contribution in [2.24, 2.45) is 5.11 Å². The van der Waals surface area contributed by atoms with E-state index in [2.05, 4.69) is 10.0 Å². The first-order valence-corrected chi connectivity index (χ1v) is 5.01. The molecule has 0 saturated heterocycles. The summed E-state index contributed by atoms with van der Waals surface area (Å²) in [5, 5.41) is 5.47. The Morgan fingerprint density at radius 2 is 2.62 bits per heavy atom. The lowest BCUT2D eigenvalue weighted by atomic mass is 10.2. The molecule has 5 heteroatoms. The van der Waals surface area contributed by atoms with Gasteiger partial charge >= 0.3 is 0 Å². The van der Waals surface area contributed by atoms with Crippen molar-refractivity contribution in [1.29, 1.82) is 0 Å². The molecule has 0 N–H and O–H groups in total. The smallest absolute Gasteiger partial charge is 0.0934 e. The van der Waals surface area contributed by atoms with Crippen LogP contribution in [0.25, 0.3) is 16.5 Å². The first-order chi connectivity index (χ1) is 6.26. The number of nitrogens with zero attached hydrogens (tertiary/aromatic N) is 3. The zero-order valence-electron chi connectivity index (χ0n) is 7.07. The van der Waals surface area contributed by atoms with Gasteiger partial charge in [0.15, 0.2) is 0 Å². The summed E-state index contributed by atoms with van der Waals surface area (Å²) in [6, 6.07) is 1.84. The lowest BCUT2D eigenvalue weighted by molar-refractivity contribution is 1.07. The molecule has 0 bridgehead atoms. The average molecular weight is 214 g/mol. The minimum absolute atomic E-state index is 0.719. The van der Waals surface area contributed by atoms with E-state index in [1.54, 1.807) is 0 Å². The summed E-state index contributed by atoms with van der Waals surface area (Å²) in [6.45, 7) is 1.94. The van der Waals surface area contributed by atoms with Crippen LogP contribution in [0.4, 0.5) is 0 Å². The second-order valence-corrected chi connectivity index (χ2v) is 3.91. The Hall–Kier alpha value is -0.960. The Balaban J connectivity index is 2.90. The molecule has 0 unspecified atom stereocenters. The van der Waals surface area contributed by atoms with E-state index in [0.717, 1.165) is 22.0 Å². The van der Waals surface area contributed by atoms with E-state index in [0.29, 0.717) is 0 Å². The van der Waals surface area contributed by atoms with E-state index in [9.17, 15) is 0 Å². The molecule has 3 nitrogen and oxygen atoms in total. The largest absolute Gasteiger partial charge is 0.131 e. The van der Waals surface area contributed by atoms with Crippen molar-refractivity contribution in [2.45, 2.75) is 13.3 Å². The molecule has 0 radical (unpaired) electrons. The average Bonchev–Trinajstić information content (AvgIpc) is 2.50. The van der Waals surface area contributed by atoms with Crippen LogP contribution >= 0.6 is 22.9 Å². The Kier molecular flexibility index (Phi) is 3.83. The maximum Gasteiger partial charge on any atom is 0.0934 e. The fourth-order valence-corrected chi connectivity index (χ4v) is 1.70.